The summed E-state index contributed by atoms with van der Waals surface area (Å²) in [5, 5.41) is 10.1. The number of carbonyl (C=O) groups excluding carboxylic acids is 1. The SMILES string of the molecule is N=C/C(=C\N)c1ccc(C(C[C@H]2CCC(=O)N2)c2ccc(S(=O)(=O)C3CC3)cc2)[nH]c1=O. The minimum absolute atomic E-state index is 0.00664. The van der Waals surface area contributed by atoms with Crippen molar-refractivity contribution in [1.29, 1.82) is 5.41 Å². The van der Waals surface area contributed by atoms with Crippen molar-refractivity contribution in [2.24, 2.45) is 5.73 Å². The maximum atomic E-state index is 12.7. The van der Waals surface area contributed by atoms with Gasteiger partial charge in [0.15, 0.2) is 9.84 Å². The lowest BCUT2D eigenvalue weighted by atomic mass is 9.88. The summed E-state index contributed by atoms with van der Waals surface area (Å²) in [4.78, 5) is 27.6. The number of sulfone groups is 1. The molecule has 4 rings (SSSR count). The van der Waals surface area contributed by atoms with Gasteiger partial charge >= 0.3 is 0 Å². The number of amides is 1. The average Bonchev–Trinajstić information content (AvgIpc) is 3.57. The molecule has 1 saturated heterocycles. The summed E-state index contributed by atoms with van der Waals surface area (Å²) in [7, 11) is -3.28. The van der Waals surface area contributed by atoms with E-state index in [1.54, 1.807) is 36.4 Å². The molecule has 9 heteroatoms. The molecule has 2 aromatic rings. The molecule has 1 aromatic carbocycles. The van der Waals surface area contributed by atoms with Gasteiger partial charge in [-0.2, -0.15) is 0 Å². The topological polar surface area (TPSA) is 146 Å². The molecule has 0 radical (unpaired) electrons. The predicted octanol–water partition coefficient (Wildman–Crippen LogP) is 2.06. The van der Waals surface area contributed by atoms with Crippen LogP contribution in [0.1, 0.15) is 54.8 Å². The minimum atomic E-state index is -3.28. The van der Waals surface area contributed by atoms with Crippen molar-refractivity contribution < 1.29 is 13.2 Å². The lowest BCUT2D eigenvalue weighted by molar-refractivity contribution is -0.119. The standard InChI is InChI=1S/C23H26N4O4S/c24-12-15(13-25)19-8-9-21(27-23(19)29)20(11-16-3-10-22(28)26-16)14-1-4-17(5-2-14)32(30,31)18-6-7-18/h1-2,4-5,8-9,12-13,16,18,20,24H,3,6-7,10-11,25H2,(H,26,28)(H,27,29)/b15-13+,24-12?/t16-,20?/m1/s1. The lowest BCUT2D eigenvalue weighted by Gasteiger charge is -2.22. The van der Waals surface area contributed by atoms with Crippen LogP contribution in [-0.4, -0.2) is 36.8 Å². The quantitative estimate of drug-likeness (QED) is 0.451. The summed E-state index contributed by atoms with van der Waals surface area (Å²) < 4.78 is 25.1. The molecule has 1 amide bonds. The molecular formula is C23H26N4O4S. The Kier molecular flexibility index (Phi) is 6.01. The largest absolute Gasteiger partial charge is 0.404 e. The number of carbonyl (C=O) groups is 1. The molecule has 1 aliphatic carbocycles. The summed E-state index contributed by atoms with van der Waals surface area (Å²) in [6.07, 6.45) is 5.39. The van der Waals surface area contributed by atoms with Gasteiger partial charge in [0.2, 0.25) is 5.91 Å². The maximum Gasteiger partial charge on any atom is 0.256 e. The number of nitrogens with two attached hydrogens (primary N) is 1. The van der Waals surface area contributed by atoms with E-state index in [4.69, 9.17) is 11.1 Å². The fourth-order valence-corrected chi connectivity index (χ4v) is 5.83. The molecular weight excluding hydrogens is 428 g/mol. The molecule has 1 aliphatic heterocycles. The van der Waals surface area contributed by atoms with Crippen LogP contribution in [0.3, 0.4) is 0 Å². The first-order valence-electron chi connectivity index (χ1n) is 10.6. The first kappa shape index (κ1) is 22.0. The number of aromatic amines is 1. The number of rotatable bonds is 8. The third kappa shape index (κ3) is 4.38. The molecule has 8 nitrogen and oxygen atoms in total. The van der Waals surface area contributed by atoms with Crippen LogP contribution in [0.4, 0.5) is 0 Å². The zero-order valence-corrected chi connectivity index (χ0v) is 18.3. The smallest absolute Gasteiger partial charge is 0.256 e. The molecule has 1 aromatic heterocycles. The van der Waals surface area contributed by atoms with Gasteiger partial charge in [0.1, 0.15) is 0 Å². The molecule has 0 spiro atoms. The van der Waals surface area contributed by atoms with Gasteiger partial charge in [-0.1, -0.05) is 12.1 Å². The fraction of sp³-hybridized carbons (Fsp3) is 0.348. The highest BCUT2D eigenvalue weighted by atomic mass is 32.2. The molecule has 1 saturated carbocycles. The van der Waals surface area contributed by atoms with Crippen molar-refractivity contribution in [2.75, 3.05) is 0 Å². The first-order chi connectivity index (χ1) is 15.3. The van der Waals surface area contributed by atoms with Gasteiger partial charge < -0.3 is 21.4 Å². The maximum absolute atomic E-state index is 12.7. The van der Waals surface area contributed by atoms with Crippen molar-refractivity contribution in [3.05, 3.63) is 69.8 Å². The third-order valence-electron chi connectivity index (χ3n) is 6.13. The van der Waals surface area contributed by atoms with E-state index in [0.717, 1.165) is 11.8 Å². The Morgan fingerprint density at radius 1 is 1.12 bits per heavy atom. The van der Waals surface area contributed by atoms with E-state index in [1.165, 1.54) is 6.20 Å². The van der Waals surface area contributed by atoms with Crippen LogP contribution in [0.25, 0.3) is 5.57 Å². The van der Waals surface area contributed by atoms with E-state index < -0.39 is 9.84 Å². The predicted molar refractivity (Wildman–Crippen MR) is 122 cm³/mol. The monoisotopic (exact) mass is 454 g/mol. The van der Waals surface area contributed by atoms with Crippen molar-refractivity contribution in [2.45, 2.75) is 54.2 Å². The van der Waals surface area contributed by atoms with Crippen molar-refractivity contribution in [3.8, 4) is 0 Å². The molecule has 2 atom stereocenters. The van der Waals surface area contributed by atoms with Gasteiger partial charge in [0.05, 0.1) is 10.1 Å². The van der Waals surface area contributed by atoms with E-state index in [2.05, 4.69) is 10.3 Å². The van der Waals surface area contributed by atoms with Crippen molar-refractivity contribution in [3.63, 3.8) is 0 Å². The number of H-pyrrole nitrogens is 1. The fourth-order valence-electron chi connectivity index (χ4n) is 4.18. The summed E-state index contributed by atoms with van der Waals surface area (Å²) in [5.74, 6) is -0.240. The van der Waals surface area contributed by atoms with Gasteiger partial charge in [-0.3, -0.25) is 9.59 Å². The van der Waals surface area contributed by atoms with Crippen LogP contribution >= 0.6 is 0 Å². The number of allylic oxidation sites excluding steroid dienone is 1. The zero-order chi connectivity index (χ0) is 22.9. The Labute approximate surface area is 186 Å². The number of aromatic nitrogens is 1. The first-order valence-corrected chi connectivity index (χ1v) is 12.2. The minimum Gasteiger partial charge on any atom is -0.404 e. The number of nitrogens with one attached hydrogen (secondary N) is 3. The summed E-state index contributed by atoms with van der Waals surface area (Å²) in [6, 6.07) is 10.2. The molecule has 5 N–H and O–H groups in total. The van der Waals surface area contributed by atoms with Gasteiger partial charge in [0.25, 0.3) is 5.56 Å². The number of pyridine rings is 1. The number of hydrogen-bond donors (Lipinski definition) is 4. The Bertz CT molecular complexity index is 1230. The highest BCUT2D eigenvalue weighted by Gasteiger charge is 2.37. The summed E-state index contributed by atoms with van der Waals surface area (Å²) >= 11 is 0. The van der Waals surface area contributed by atoms with Crippen molar-refractivity contribution in [1.82, 2.24) is 10.3 Å². The van der Waals surface area contributed by atoms with Crippen molar-refractivity contribution >= 4 is 27.5 Å². The Morgan fingerprint density at radius 2 is 1.84 bits per heavy atom. The van der Waals surface area contributed by atoms with Crippen LogP contribution in [0.5, 0.6) is 0 Å². The Morgan fingerprint density at radius 3 is 2.38 bits per heavy atom. The Balaban J connectivity index is 1.69. The van der Waals surface area contributed by atoms with Gasteiger partial charge in [0, 0.05) is 47.6 Å². The van der Waals surface area contributed by atoms with Crippen LogP contribution in [0.15, 0.2) is 52.3 Å². The molecule has 32 heavy (non-hydrogen) atoms. The number of benzene rings is 1. The molecule has 0 bridgehead atoms. The average molecular weight is 455 g/mol. The Hall–Kier alpha value is -3.20. The molecule has 2 heterocycles. The van der Waals surface area contributed by atoms with E-state index in [1.807, 2.05) is 0 Å². The molecule has 1 unspecified atom stereocenters. The lowest BCUT2D eigenvalue weighted by Crippen LogP contribution is -2.28. The summed E-state index contributed by atoms with van der Waals surface area (Å²) in [5.41, 5.74) is 7.26. The van der Waals surface area contributed by atoms with E-state index in [9.17, 15) is 18.0 Å². The molecule has 2 fully saturated rings. The second kappa shape index (κ2) is 8.74. The highest BCUT2D eigenvalue weighted by molar-refractivity contribution is 7.92. The second-order valence-corrected chi connectivity index (χ2v) is 10.6. The third-order valence-corrected chi connectivity index (χ3v) is 8.41. The van der Waals surface area contributed by atoms with Crippen LogP contribution < -0.4 is 16.6 Å². The molecule has 2 aliphatic rings. The molecule has 168 valence electrons. The highest BCUT2D eigenvalue weighted by Crippen LogP contribution is 2.35. The summed E-state index contributed by atoms with van der Waals surface area (Å²) in [6.45, 7) is 0. The van der Waals surface area contributed by atoms with Gasteiger partial charge in [-0.25, -0.2) is 8.42 Å². The zero-order valence-electron chi connectivity index (χ0n) is 17.5. The normalized spacial score (nSPS) is 20.1. The van der Waals surface area contributed by atoms with E-state index >= 15 is 0 Å². The second-order valence-electron chi connectivity index (χ2n) is 8.33. The van der Waals surface area contributed by atoms with Crippen LogP contribution in [-0.2, 0) is 14.6 Å². The van der Waals surface area contributed by atoms with E-state index in [-0.39, 0.29) is 28.7 Å². The van der Waals surface area contributed by atoms with Gasteiger partial charge in [-0.15, -0.1) is 0 Å². The van der Waals surface area contributed by atoms with E-state index in [0.29, 0.717) is 53.8 Å². The van der Waals surface area contributed by atoms with Gasteiger partial charge in [-0.05, 0) is 55.5 Å². The number of hydrogen-bond acceptors (Lipinski definition) is 6. The van der Waals surface area contributed by atoms with Crippen LogP contribution in [0, 0.1) is 5.41 Å². The van der Waals surface area contributed by atoms with Crippen LogP contribution in [0.2, 0.25) is 0 Å².